The lowest BCUT2D eigenvalue weighted by molar-refractivity contribution is -0.157. The Bertz CT molecular complexity index is 725. The van der Waals surface area contributed by atoms with E-state index in [1.165, 1.54) is 0 Å². The van der Waals surface area contributed by atoms with Gasteiger partial charge in [0, 0.05) is 5.56 Å². The molecule has 1 heterocycles. The number of benzene rings is 2. The van der Waals surface area contributed by atoms with Crippen molar-refractivity contribution in [2.24, 2.45) is 0 Å². The van der Waals surface area contributed by atoms with Crippen LogP contribution < -0.4 is 9.47 Å². The topological polar surface area (TPSA) is 63.2 Å². The molecule has 3 rings (SSSR count). The van der Waals surface area contributed by atoms with Gasteiger partial charge in [-0.3, -0.25) is 0 Å². The van der Waals surface area contributed by atoms with Crippen LogP contribution in [0.1, 0.15) is 30.4 Å². The highest BCUT2D eigenvalue weighted by Gasteiger charge is 2.43. The Kier molecular flexibility index (Phi) is 5.75. The van der Waals surface area contributed by atoms with Crippen molar-refractivity contribution in [2.75, 3.05) is 20.8 Å². The number of methoxy groups -OCH3 is 2. The summed E-state index contributed by atoms with van der Waals surface area (Å²) in [7, 11) is 3.21. The summed E-state index contributed by atoms with van der Waals surface area (Å²) in [6.45, 7) is 2.04. The van der Waals surface area contributed by atoms with Crippen LogP contribution in [0.25, 0.3) is 0 Å². The van der Waals surface area contributed by atoms with E-state index in [1.54, 1.807) is 21.1 Å². The van der Waals surface area contributed by atoms with E-state index in [9.17, 15) is 4.79 Å². The highest BCUT2D eigenvalue weighted by atomic mass is 16.7. The molecule has 26 heavy (non-hydrogen) atoms. The molecule has 0 radical (unpaired) electrons. The summed E-state index contributed by atoms with van der Waals surface area (Å²) < 4.78 is 27.4. The third kappa shape index (κ3) is 3.81. The molecule has 1 saturated heterocycles. The van der Waals surface area contributed by atoms with Gasteiger partial charge in [-0.2, -0.15) is 0 Å². The van der Waals surface area contributed by atoms with E-state index in [-0.39, 0.29) is 6.61 Å². The molecule has 0 spiro atoms. The first-order chi connectivity index (χ1) is 12.7. The number of esters is 1. The molecule has 0 N–H and O–H groups in total. The number of ether oxygens (including phenoxy) is 5. The van der Waals surface area contributed by atoms with Crippen molar-refractivity contribution >= 4 is 5.97 Å². The molecule has 0 bridgehead atoms. The van der Waals surface area contributed by atoms with Crippen molar-refractivity contribution in [2.45, 2.75) is 25.4 Å². The molecule has 0 saturated carbocycles. The van der Waals surface area contributed by atoms with Gasteiger partial charge in [0.1, 0.15) is 17.6 Å². The van der Waals surface area contributed by atoms with Crippen molar-refractivity contribution in [3.8, 4) is 11.5 Å². The maximum absolute atomic E-state index is 12.4. The maximum atomic E-state index is 12.4. The van der Waals surface area contributed by atoms with Crippen LogP contribution in [-0.4, -0.2) is 32.9 Å². The van der Waals surface area contributed by atoms with Crippen LogP contribution in [0.5, 0.6) is 11.5 Å². The molecule has 0 aromatic heterocycles. The summed E-state index contributed by atoms with van der Waals surface area (Å²) in [6.07, 6.45) is -2.06. The molecule has 1 aliphatic heterocycles. The molecule has 0 unspecified atom stereocenters. The minimum absolute atomic E-state index is 0.279. The van der Waals surface area contributed by atoms with Gasteiger partial charge >= 0.3 is 5.97 Å². The minimum atomic E-state index is -0.838. The summed E-state index contributed by atoms with van der Waals surface area (Å²) in [5, 5.41) is 0. The normalized spacial score (nSPS) is 22.0. The van der Waals surface area contributed by atoms with Crippen LogP contribution >= 0.6 is 0 Å². The van der Waals surface area contributed by atoms with Crippen LogP contribution in [0.4, 0.5) is 0 Å². The Hall–Kier alpha value is -2.57. The van der Waals surface area contributed by atoms with Gasteiger partial charge in [0.05, 0.1) is 20.8 Å². The van der Waals surface area contributed by atoms with Crippen LogP contribution in [0.15, 0.2) is 48.5 Å². The average Bonchev–Trinajstić information content (AvgIpc) is 3.14. The second-order valence-electron chi connectivity index (χ2n) is 5.74. The van der Waals surface area contributed by atoms with Crippen LogP contribution in [0.2, 0.25) is 0 Å². The first kappa shape index (κ1) is 18.2. The van der Waals surface area contributed by atoms with Gasteiger partial charge in [-0.1, -0.05) is 24.3 Å². The fourth-order valence-electron chi connectivity index (χ4n) is 2.81. The molecule has 6 nitrogen and oxygen atoms in total. The Morgan fingerprint density at radius 2 is 1.42 bits per heavy atom. The fraction of sp³-hybridized carbons (Fsp3) is 0.350. The molecule has 138 valence electrons. The molecule has 3 atom stereocenters. The predicted octanol–water partition coefficient (Wildman–Crippen LogP) is 3.42. The first-order valence-electron chi connectivity index (χ1n) is 8.41. The van der Waals surface area contributed by atoms with Crippen LogP contribution in [0, 0.1) is 0 Å². The molecular formula is C20H22O6. The zero-order chi connectivity index (χ0) is 18.5. The van der Waals surface area contributed by atoms with Gasteiger partial charge in [-0.25, -0.2) is 4.79 Å². The molecule has 1 fully saturated rings. The average molecular weight is 358 g/mol. The van der Waals surface area contributed by atoms with Gasteiger partial charge in [0.25, 0.3) is 0 Å². The molecule has 2 aromatic rings. The third-order valence-electron chi connectivity index (χ3n) is 4.17. The zero-order valence-electron chi connectivity index (χ0n) is 15.0. The predicted molar refractivity (Wildman–Crippen MR) is 94.1 cm³/mol. The van der Waals surface area contributed by atoms with Crippen molar-refractivity contribution in [3.63, 3.8) is 0 Å². The number of hydrogen-bond acceptors (Lipinski definition) is 6. The molecule has 6 heteroatoms. The van der Waals surface area contributed by atoms with Crippen molar-refractivity contribution in [3.05, 3.63) is 59.7 Å². The Balaban J connectivity index is 1.85. The standard InChI is InChI=1S/C20H22O6/c1-4-24-19(21)18-17(13-5-9-15(22-2)10-6-13)25-20(26-18)14-7-11-16(23-3)12-8-14/h5-12,17-18,20H,4H2,1-3H3/t17-,18+,20-/m0/s1. The SMILES string of the molecule is CCOC(=O)[C@@H]1O[C@@H](c2ccc(OC)cc2)O[C@H]1c1ccc(OC)cc1. The van der Waals surface area contributed by atoms with Gasteiger partial charge in [0.15, 0.2) is 12.4 Å². The number of rotatable bonds is 6. The summed E-state index contributed by atoms with van der Waals surface area (Å²) >= 11 is 0. The largest absolute Gasteiger partial charge is 0.497 e. The third-order valence-corrected chi connectivity index (χ3v) is 4.17. The second kappa shape index (κ2) is 8.21. The van der Waals surface area contributed by atoms with Gasteiger partial charge < -0.3 is 23.7 Å². The Labute approximate surface area is 152 Å². The van der Waals surface area contributed by atoms with Crippen molar-refractivity contribution < 1.29 is 28.5 Å². The highest BCUT2D eigenvalue weighted by molar-refractivity contribution is 5.76. The monoisotopic (exact) mass is 358 g/mol. The van der Waals surface area contributed by atoms with E-state index in [2.05, 4.69) is 0 Å². The Morgan fingerprint density at radius 1 is 0.885 bits per heavy atom. The summed E-state index contributed by atoms with van der Waals surface area (Å²) in [6, 6.07) is 14.7. The number of hydrogen-bond donors (Lipinski definition) is 0. The van der Waals surface area contributed by atoms with E-state index in [1.807, 2.05) is 48.5 Å². The number of carbonyl (C=O) groups excluding carboxylic acids is 1. The second-order valence-corrected chi connectivity index (χ2v) is 5.74. The first-order valence-corrected chi connectivity index (χ1v) is 8.41. The lowest BCUT2D eigenvalue weighted by Gasteiger charge is -2.16. The molecular weight excluding hydrogens is 336 g/mol. The number of carbonyl (C=O) groups is 1. The smallest absolute Gasteiger partial charge is 0.338 e. The maximum Gasteiger partial charge on any atom is 0.338 e. The lowest BCUT2D eigenvalue weighted by Crippen LogP contribution is -2.28. The fourth-order valence-corrected chi connectivity index (χ4v) is 2.81. The van der Waals surface area contributed by atoms with E-state index >= 15 is 0 Å². The lowest BCUT2D eigenvalue weighted by atomic mass is 10.0. The molecule has 1 aliphatic rings. The van der Waals surface area contributed by atoms with Gasteiger partial charge in [0.2, 0.25) is 0 Å². The van der Waals surface area contributed by atoms with Crippen molar-refractivity contribution in [1.29, 1.82) is 0 Å². The molecule has 0 amide bonds. The zero-order valence-corrected chi connectivity index (χ0v) is 15.0. The minimum Gasteiger partial charge on any atom is -0.497 e. The van der Waals surface area contributed by atoms with Crippen LogP contribution in [-0.2, 0) is 19.0 Å². The van der Waals surface area contributed by atoms with Crippen molar-refractivity contribution in [1.82, 2.24) is 0 Å². The summed E-state index contributed by atoms with van der Waals surface area (Å²) in [5.41, 5.74) is 1.62. The van der Waals surface area contributed by atoms with E-state index in [0.29, 0.717) is 0 Å². The highest BCUT2D eigenvalue weighted by Crippen LogP contribution is 2.41. The summed E-state index contributed by atoms with van der Waals surface area (Å²) in [4.78, 5) is 12.4. The Morgan fingerprint density at radius 3 is 1.92 bits per heavy atom. The van der Waals surface area contributed by atoms with E-state index in [4.69, 9.17) is 23.7 Å². The van der Waals surface area contributed by atoms with E-state index < -0.39 is 24.5 Å². The molecule has 2 aromatic carbocycles. The van der Waals surface area contributed by atoms with Gasteiger partial charge in [-0.05, 0) is 36.8 Å². The van der Waals surface area contributed by atoms with Gasteiger partial charge in [-0.15, -0.1) is 0 Å². The van der Waals surface area contributed by atoms with E-state index in [0.717, 1.165) is 22.6 Å². The molecule has 0 aliphatic carbocycles. The quantitative estimate of drug-likeness (QED) is 0.738. The van der Waals surface area contributed by atoms with Crippen LogP contribution in [0.3, 0.4) is 0 Å². The summed E-state index contributed by atoms with van der Waals surface area (Å²) in [5.74, 6) is 1.02.